The molecular weight excluding hydrogens is 677 g/mol. The molecule has 284 valence electrons. The number of aryl methyl sites for hydroxylation is 1. The predicted octanol–water partition coefficient (Wildman–Crippen LogP) is 6.23. The Balaban J connectivity index is 1.05. The Morgan fingerprint density at radius 3 is 2.60 bits per heavy atom. The van der Waals surface area contributed by atoms with Crippen molar-refractivity contribution < 1.29 is 24.5 Å². The second-order valence-corrected chi connectivity index (χ2v) is 17.6. The van der Waals surface area contributed by atoms with Gasteiger partial charge in [0.05, 0.1) is 29.8 Å². The van der Waals surface area contributed by atoms with Crippen LogP contribution in [0.1, 0.15) is 96.2 Å². The SMILES string of the molecule is COc1ccc2c(O[C@@H]3CC(C(N)O)[C@H](C(O)N(C)CCCC/C=C\[C@@H]4CC4(C)C(=O)NSC4(C)CC4)C3)cc(-n3ccc(C(C)C)n3)nc2c1C. The number of allylic oxidation sites excluding steroid dienone is 2. The number of nitrogens with one attached hydrogen (secondary N) is 1. The zero-order chi connectivity index (χ0) is 37.4. The number of hydrogen-bond acceptors (Lipinski definition) is 10. The third-order valence-corrected chi connectivity index (χ3v) is 12.8. The number of carbonyl (C=O) groups excluding carboxylic acids is 1. The molecule has 6 rings (SSSR count). The molecule has 3 aliphatic carbocycles. The summed E-state index contributed by atoms with van der Waals surface area (Å²) in [5, 5.41) is 27.8. The fourth-order valence-corrected chi connectivity index (χ4v) is 8.37. The highest BCUT2D eigenvalue weighted by atomic mass is 32.2. The maximum atomic E-state index is 12.7. The lowest BCUT2D eigenvalue weighted by Gasteiger charge is -2.32. The molecule has 0 spiro atoms. The highest BCUT2D eigenvalue weighted by Gasteiger charge is 2.55. The summed E-state index contributed by atoms with van der Waals surface area (Å²) in [5.41, 5.74) is 8.47. The number of aliphatic hydroxyl groups is 2. The fraction of sp³-hybridized carbons (Fsp3) is 0.625. The van der Waals surface area contributed by atoms with Crippen LogP contribution >= 0.6 is 11.9 Å². The van der Waals surface area contributed by atoms with Gasteiger partial charge in [-0.2, -0.15) is 5.10 Å². The van der Waals surface area contributed by atoms with Gasteiger partial charge in [0.25, 0.3) is 0 Å². The van der Waals surface area contributed by atoms with E-state index in [0.29, 0.717) is 36.9 Å². The number of nitrogens with zero attached hydrogens (tertiary/aromatic N) is 4. The molecule has 3 saturated carbocycles. The minimum Gasteiger partial charge on any atom is -0.496 e. The molecule has 3 fully saturated rings. The third kappa shape index (κ3) is 8.46. The molecule has 2 heterocycles. The van der Waals surface area contributed by atoms with Gasteiger partial charge in [0.2, 0.25) is 5.91 Å². The monoisotopic (exact) mass is 734 g/mol. The van der Waals surface area contributed by atoms with Crippen molar-refractivity contribution in [2.45, 2.75) is 115 Å². The summed E-state index contributed by atoms with van der Waals surface area (Å²) in [6, 6.07) is 7.80. The van der Waals surface area contributed by atoms with Crippen molar-refractivity contribution in [1.82, 2.24) is 24.4 Å². The molecule has 0 radical (unpaired) electrons. The summed E-state index contributed by atoms with van der Waals surface area (Å²) < 4.78 is 17.4. The molecular formula is C40H58N6O5S. The molecule has 0 bridgehead atoms. The van der Waals surface area contributed by atoms with Gasteiger partial charge in [-0.25, -0.2) is 9.67 Å². The average Bonchev–Trinajstić information content (AvgIpc) is 3.83. The van der Waals surface area contributed by atoms with Crippen LogP contribution in [0.15, 0.2) is 42.6 Å². The Hall–Kier alpha value is -3.16. The van der Waals surface area contributed by atoms with Gasteiger partial charge in [-0.05, 0) is 114 Å². The topological polar surface area (TPSA) is 148 Å². The van der Waals surface area contributed by atoms with Crippen LogP contribution in [0.25, 0.3) is 16.7 Å². The fourth-order valence-electron chi connectivity index (χ4n) is 7.49. The van der Waals surface area contributed by atoms with Gasteiger partial charge in [-0.3, -0.25) is 14.4 Å². The van der Waals surface area contributed by atoms with Gasteiger partial charge in [0.1, 0.15) is 24.0 Å². The summed E-state index contributed by atoms with van der Waals surface area (Å²) >= 11 is 1.59. The summed E-state index contributed by atoms with van der Waals surface area (Å²) in [6.07, 6.45) is 11.3. The van der Waals surface area contributed by atoms with Crippen molar-refractivity contribution in [2.24, 2.45) is 28.9 Å². The largest absolute Gasteiger partial charge is 0.496 e. The lowest BCUT2D eigenvalue weighted by Crippen LogP contribution is -2.44. The van der Waals surface area contributed by atoms with E-state index < -0.39 is 12.5 Å². The number of nitrogens with two attached hydrogens (primary N) is 1. The number of unbranched alkanes of at least 4 members (excludes halogenated alkanes) is 2. The summed E-state index contributed by atoms with van der Waals surface area (Å²) in [4.78, 5) is 19.6. The first kappa shape index (κ1) is 38.6. The van der Waals surface area contributed by atoms with Crippen LogP contribution < -0.4 is 19.9 Å². The van der Waals surface area contributed by atoms with Gasteiger partial charge in [0.15, 0.2) is 5.82 Å². The van der Waals surface area contributed by atoms with Crippen molar-refractivity contribution in [3.8, 4) is 17.3 Å². The Kier molecular flexibility index (Phi) is 11.6. The molecule has 1 amide bonds. The van der Waals surface area contributed by atoms with Gasteiger partial charge < -0.3 is 25.4 Å². The Bertz CT molecular complexity index is 1760. The van der Waals surface area contributed by atoms with Crippen molar-refractivity contribution in [3.05, 3.63) is 53.9 Å². The van der Waals surface area contributed by atoms with Gasteiger partial charge in [-0.1, -0.05) is 32.9 Å². The van der Waals surface area contributed by atoms with Gasteiger partial charge in [0, 0.05) is 46.3 Å². The Morgan fingerprint density at radius 1 is 1.17 bits per heavy atom. The van der Waals surface area contributed by atoms with E-state index in [2.05, 4.69) is 44.6 Å². The first-order valence-corrected chi connectivity index (χ1v) is 19.7. The average molecular weight is 735 g/mol. The molecule has 3 aliphatic rings. The predicted molar refractivity (Wildman–Crippen MR) is 206 cm³/mol. The molecule has 4 unspecified atom stereocenters. The molecule has 5 N–H and O–H groups in total. The number of ether oxygens (including phenoxy) is 2. The molecule has 3 aromatic rings. The van der Waals surface area contributed by atoms with E-state index in [-0.39, 0.29) is 39.9 Å². The minimum atomic E-state index is -1.08. The second kappa shape index (κ2) is 15.7. The normalized spacial score (nSPS) is 26.3. The number of hydrogen-bond donors (Lipinski definition) is 4. The van der Waals surface area contributed by atoms with Crippen LogP contribution in [0.4, 0.5) is 0 Å². The van der Waals surface area contributed by atoms with E-state index in [0.717, 1.165) is 53.6 Å². The number of fused-ring (bicyclic) bond motifs is 1. The van der Waals surface area contributed by atoms with E-state index >= 15 is 0 Å². The molecule has 1 aromatic carbocycles. The maximum absolute atomic E-state index is 12.7. The van der Waals surface area contributed by atoms with Crippen LogP contribution in [-0.4, -0.2) is 79.8 Å². The highest BCUT2D eigenvalue weighted by Crippen LogP contribution is 2.54. The van der Waals surface area contributed by atoms with E-state index in [9.17, 15) is 15.0 Å². The van der Waals surface area contributed by atoms with E-state index in [4.69, 9.17) is 25.3 Å². The van der Waals surface area contributed by atoms with Gasteiger partial charge in [-0.15, -0.1) is 0 Å². The van der Waals surface area contributed by atoms with Crippen molar-refractivity contribution in [1.29, 1.82) is 0 Å². The molecule has 12 heteroatoms. The lowest BCUT2D eigenvalue weighted by molar-refractivity contribution is -0.124. The smallest absolute Gasteiger partial charge is 0.236 e. The highest BCUT2D eigenvalue weighted by molar-refractivity contribution is 7.99. The first-order chi connectivity index (χ1) is 24.7. The first-order valence-electron chi connectivity index (χ1n) is 18.9. The minimum absolute atomic E-state index is 0.153. The Morgan fingerprint density at radius 2 is 1.92 bits per heavy atom. The van der Waals surface area contributed by atoms with E-state index in [1.807, 2.05) is 49.3 Å². The number of aliphatic hydroxyl groups excluding tert-OH is 2. The number of aromatic nitrogens is 3. The molecule has 11 nitrogen and oxygen atoms in total. The van der Waals surface area contributed by atoms with Gasteiger partial charge >= 0.3 is 0 Å². The molecule has 52 heavy (non-hydrogen) atoms. The molecule has 0 saturated heterocycles. The number of amides is 1. The van der Waals surface area contributed by atoms with Crippen molar-refractivity contribution in [3.63, 3.8) is 0 Å². The van der Waals surface area contributed by atoms with Crippen LogP contribution in [0.2, 0.25) is 0 Å². The molecule has 2 aromatic heterocycles. The van der Waals surface area contributed by atoms with E-state index in [1.165, 1.54) is 12.8 Å². The van der Waals surface area contributed by atoms with Crippen molar-refractivity contribution in [2.75, 3.05) is 20.7 Å². The zero-order valence-corrected chi connectivity index (χ0v) is 32.7. The Labute approximate surface area is 312 Å². The molecule has 0 aliphatic heterocycles. The summed E-state index contributed by atoms with van der Waals surface area (Å²) in [7, 11) is 3.58. The van der Waals surface area contributed by atoms with Crippen molar-refractivity contribution >= 4 is 28.8 Å². The standard InChI is InChI=1S/C40H58N6O5S/c1-24(2)31-15-19-46(43-31)34-22-33(28-13-14-32(50-7)25(3)35(28)42-34)51-27-20-29(36(41)47)30(21-27)37(48)45(6)18-11-9-8-10-12-26-23-40(26,5)38(49)44-52-39(4)16-17-39/h10,12-15,19,22,24,26-27,29-30,36-37,47-48H,8-9,11,16-18,20-21,23,41H2,1-7H3,(H,44,49)/b12-10-/t26-,27-,29?,30-,36?,37?,40?/m1/s1. The number of pyridine rings is 1. The van der Waals surface area contributed by atoms with E-state index in [1.54, 1.807) is 23.7 Å². The lowest BCUT2D eigenvalue weighted by atomic mass is 9.92. The zero-order valence-electron chi connectivity index (χ0n) is 31.8. The number of benzene rings is 1. The third-order valence-electron chi connectivity index (χ3n) is 11.6. The number of rotatable bonds is 17. The van der Waals surface area contributed by atoms with Crippen LogP contribution in [0, 0.1) is 30.1 Å². The quantitative estimate of drug-likeness (QED) is 0.0545. The number of carbonyl (C=O) groups is 1. The summed E-state index contributed by atoms with van der Waals surface area (Å²) in [5.74, 6) is 2.19. The van der Waals surface area contributed by atoms with Crippen LogP contribution in [0.5, 0.6) is 11.5 Å². The van der Waals surface area contributed by atoms with Crippen LogP contribution in [-0.2, 0) is 4.79 Å². The molecule has 7 atom stereocenters. The second-order valence-electron chi connectivity index (χ2n) is 16.2. The summed E-state index contributed by atoms with van der Waals surface area (Å²) in [6.45, 7) is 11.2. The number of methoxy groups -OCH3 is 1. The maximum Gasteiger partial charge on any atom is 0.236 e. The van der Waals surface area contributed by atoms with Crippen LogP contribution in [0.3, 0.4) is 0 Å².